The van der Waals surface area contributed by atoms with Gasteiger partial charge in [-0.2, -0.15) is 13.2 Å². The number of nitrogens with zero attached hydrogens (tertiary/aromatic N) is 3. The number of rotatable bonds is 9. The summed E-state index contributed by atoms with van der Waals surface area (Å²) in [5, 5.41) is 20.9. The number of carboxylic acid groups (broad SMARTS) is 1. The Morgan fingerprint density at radius 1 is 0.944 bits per heavy atom. The number of piperidine rings is 1. The van der Waals surface area contributed by atoms with E-state index in [1.807, 2.05) is 17.0 Å². The molecule has 0 spiro atoms. The number of alkyl halides is 4. The van der Waals surface area contributed by atoms with Gasteiger partial charge in [0.2, 0.25) is 5.67 Å². The number of carboxylic acids is 1. The molecule has 54 heavy (non-hydrogen) atoms. The van der Waals surface area contributed by atoms with Crippen molar-refractivity contribution in [3.05, 3.63) is 59.2 Å². The molecule has 13 heteroatoms. The summed E-state index contributed by atoms with van der Waals surface area (Å²) in [5.74, 6) is -1.99. The van der Waals surface area contributed by atoms with Crippen LogP contribution >= 0.6 is 0 Å². The zero-order valence-electron chi connectivity index (χ0n) is 30.9. The maximum atomic E-state index is 18.2. The Hall–Kier alpha value is -3.42. The summed E-state index contributed by atoms with van der Waals surface area (Å²) >= 11 is 0. The van der Waals surface area contributed by atoms with E-state index in [-0.39, 0.29) is 63.1 Å². The largest absolute Gasteiger partial charge is 0.497 e. The van der Waals surface area contributed by atoms with Crippen LogP contribution in [0.3, 0.4) is 0 Å². The number of benzene rings is 2. The van der Waals surface area contributed by atoms with Crippen LogP contribution in [0.4, 0.5) is 23.2 Å². The van der Waals surface area contributed by atoms with E-state index in [1.54, 1.807) is 31.3 Å². The number of carbonyl (C=O) groups is 2. The minimum absolute atomic E-state index is 0.0660. The van der Waals surface area contributed by atoms with Gasteiger partial charge in [-0.25, -0.2) is 4.39 Å². The fourth-order valence-corrected chi connectivity index (χ4v) is 11.8. The molecule has 2 aromatic carbocycles. The first-order valence-corrected chi connectivity index (χ1v) is 19.5. The maximum Gasteiger partial charge on any atom is 0.416 e. The number of halogens is 4. The number of likely N-dealkylation sites (tertiary alicyclic amines) is 2. The smallest absolute Gasteiger partial charge is 0.416 e. The van der Waals surface area contributed by atoms with Crippen LogP contribution in [-0.4, -0.2) is 109 Å². The van der Waals surface area contributed by atoms with E-state index in [4.69, 9.17) is 9.47 Å². The quantitative estimate of drug-likeness (QED) is 0.303. The molecule has 7 aliphatic rings. The second kappa shape index (κ2) is 14.0. The van der Waals surface area contributed by atoms with Gasteiger partial charge in [0, 0.05) is 75.9 Å². The molecule has 3 heterocycles. The Kier molecular flexibility index (Phi) is 9.69. The molecule has 4 aliphatic carbocycles. The van der Waals surface area contributed by atoms with Crippen molar-refractivity contribution in [2.75, 3.05) is 65.0 Å². The summed E-state index contributed by atoms with van der Waals surface area (Å²) in [6.07, 6.45) is 0.293. The summed E-state index contributed by atoms with van der Waals surface area (Å²) in [5.41, 5.74) is -2.02. The molecule has 1 amide bonds. The van der Waals surface area contributed by atoms with E-state index < -0.39 is 52.6 Å². The van der Waals surface area contributed by atoms with Crippen LogP contribution in [0.15, 0.2) is 42.5 Å². The fourth-order valence-electron chi connectivity index (χ4n) is 11.8. The van der Waals surface area contributed by atoms with E-state index in [9.17, 15) is 33.0 Å². The zero-order chi connectivity index (χ0) is 38.2. The van der Waals surface area contributed by atoms with Crippen molar-refractivity contribution in [2.45, 2.75) is 80.3 Å². The number of ether oxygens (including phenoxy) is 2. The molecule has 3 unspecified atom stereocenters. The highest BCUT2D eigenvalue weighted by molar-refractivity contribution is 5.88. The predicted octanol–water partition coefficient (Wildman–Crippen LogP) is 5.95. The Morgan fingerprint density at radius 2 is 1.63 bits per heavy atom. The van der Waals surface area contributed by atoms with Gasteiger partial charge in [0.1, 0.15) is 5.75 Å². The number of carbonyl (C=O) groups excluding carboxylic acids is 1. The highest BCUT2D eigenvalue weighted by Gasteiger charge is 2.62. The highest BCUT2D eigenvalue weighted by Crippen LogP contribution is 2.58. The molecule has 9 atom stereocenters. The van der Waals surface area contributed by atoms with Crippen LogP contribution in [0.2, 0.25) is 0 Å². The second-order valence-electron chi connectivity index (χ2n) is 17.2. The van der Waals surface area contributed by atoms with E-state index in [0.717, 1.165) is 31.4 Å². The summed E-state index contributed by atoms with van der Waals surface area (Å²) < 4.78 is 71.4. The molecule has 3 aliphatic heterocycles. The highest BCUT2D eigenvalue weighted by atomic mass is 19.4. The predicted molar refractivity (Wildman–Crippen MR) is 192 cm³/mol. The molecule has 2 aromatic rings. The topological polar surface area (TPSA) is 103 Å². The Morgan fingerprint density at radius 3 is 2.22 bits per heavy atom. The molecule has 0 radical (unpaired) electrons. The zero-order valence-corrected chi connectivity index (χ0v) is 30.9. The van der Waals surface area contributed by atoms with Gasteiger partial charge in [0.25, 0.3) is 5.91 Å². The van der Waals surface area contributed by atoms with E-state index in [1.165, 1.54) is 6.07 Å². The minimum atomic E-state index is -4.59. The van der Waals surface area contributed by atoms with Gasteiger partial charge in [-0.1, -0.05) is 18.2 Å². The number of hydrogen-bond donors (Lipinski definition) is 2. The lowest BCUT2D eigenvalue weighted by molar-refractivity contribution is -0.160. The maximum absolute atomic E-state index is 18.2. The van der Waals surface area contributed by atoms with Crippen LogP contribution < -0.4 is 9.64 Å². The minimum Gasteiger partial charge on any atom is -0.497 e. The molecule has 4 saturated carbocycles. The molecule has 9 rings (SSSR count). The fraction of sp³-hybridized carbons (Fsp3) is 0.659. The lowest BCUT2D eigenvalue weighted by Crippen LogP contribution is -2.61. The third kappa shape index (κ3) is 6.65. The standard InChI is InChI=1S/C41H51F4N3O6/c1-53-22-29-19-47(20-33(29)32-8-5-30(41(43,44)45)15-35(32)46-11-9-26(10-12-46)37(49)50)38(51)40(42)23-48(21-34(40)25-3-6-31(54-2)7-4-25)36-27-13-24-14-28(36)18-39(52,16-24)17-27/h3-8,15,24,26-29,33-34,36,52H,9-14,16-23H2,1-2H3,(H,49,50)/t24?,27-,28+,29-,33+,34+,36?,39?,40+/m1/s1. The number of hydrogen-bond acceptors (Lipinski definition) is 7. The molecule has 4 bridgehead atoms. The van der Waals surface area contributed by atoms with Crippen molar-refractivity contribution in [1.29, 1.82) is 0 Å². The second-order valence-corrected chi connectivity index (χ2v) is 17.2. The molecule has 294 valence electrons. The average molecular weight is 758 g/mol. The Bertz CT molecular complexity index is 1720. The molecule has 0 aromatic heterocycles. The van der Waals surface area contributed by atoms with E-state index in [0.29, 0.717) is 60.7 Å². The van der Waals surface area contributed by atoms with Crippen molar-refractivity contribution in [3.8, 4) is 5.75 Å². The van der Waals surface area contributed by atoms with Gasteiger partial charge in [-0.15, -0.1) is 0 Å². The van der Waals surface area contributed by atoms with Gasteiger partial charge < -0.3 is 29.5 Å². The number of anilines is 1. The van der Waals surface area contributed by atoms with Crippen molar-refractivity contribution in [2.24, 2.45) is 29.6 Å². The number of aliphatic hydroxyl groups is 1. The van der Waals surface area contributed by atoms with Crippen LogP contribution in [0.1, 0.15) is 73.5 Å². The van der Waals surface area contributed by atoms with Crippen molar-refractivity contribution in [1.82, 2.24) is 9.80 Å². The van der Waals surface area contributed by atoms with Gasteiger partial charge in [-0.3, -0.25) is 14.5 Å². The molecular weight excluding hydrogens is 706 g/mol. The van der Waals surface area contributed by atoms with E-state index >= 15 is 4.39 Å². The third-order valence-electron chi connectivity index (χ3n) is 13.9. The molecular formula is C41H51F4N3O6. The summed E-state index contributed by atoms with van der Waals surface area (Å²) in [6.45, 7) is 1.38. The molecule has 9 nitrogen and oxygen atoms in total. The summed E-state index contributed by atoms with van der Waals surface area (Å²) in [6, 6.07) is 11.0. The summed E-state index contributed by atoms with van der Waals surface area (Å²) in [7, 11) is 3.11. The number of aliphatic carboxylic acids is 1. The first-order chi connectivity index (χ1) is 25.7. The van der Waals surface area contributed by atoms with Gasteiger partial charge >= 0.3 is 12.1 Å². The first-order valence-electron chi connectivity index (χ1n) is 19.5. The average Bonchev–Trinajstić information content (AvgIpc) is 3.71. The number of amides is 1. The van der Waals surface area contributed by atoms with Gasteiger partial charge in [-0.05, 0) is 98.1 Å². The van der Waals surface area contributed by atoms with Crippen LogP contribution in [0.5, 0.6) is 5.75 Å². The van der Waals surface area contributed by atoms with Crippen molar-refractivity contribution < 1.29 is 46.8 Å². The third-order valence-corrected chi connectivity index (χ3v) is 13.9. The van der Waals surface area contributed by atoms with Crippen molar-refractivity contribution in [3.63, 3.8) is 0 Å². The molecule has 7 fully saturated rings. The normalized spacial score (nSPS) is 35.6. The number of methoxy groups -OCH3 is 2. The lowest BCUT2D eigenvalue weighted by atomic mass is 9.52. The SMILES string of the molecule is COC[C@H]1CN(C(=O)[C@]2(F)CN(C3[C@@H]4CC5C[C@H]3CC(O)(C5)C4)C[C@H]2c2ccc(OC)cc2)C[C@@H]1c1ccc(C(F)(F)F)cc1N1CCC(C(=O)O)CC1. The van der Waals surface area contributed by atoms with Crippen LogP contribution in [0, 0.1) is 29.6 Å². The molecule has 3 saturated heterocycles. The molecule has 2 N–H and O–H groups in total. The Labute approximate surface area is 313 Å². The first kappa shape index (κ1) is 37.5. The van der Waals surface area contributed by atoms with Crippen LogP contribution in [0.25, 0.3) is 0 Å². The van der Waals surface area contributed by atoms with Gasteiger partial charge in [0.05, 0.1) is 30.8 Å². The Balaban J connectivity index is 1.10. The lowest BCUT2D eigenvalue weighted by Gasteiger charge is -2.60. The summed E-state index contributed by atoms with van der Waals surface area (Å²) in [4.78, 5) is 32.1. The van der Waals surface area contributed by atoms with E-state index in [2.05, 4.69) is 4.90 Å². The van der Waals surface area contributed by atoms with Crippen LogP contribution in [-0.2, 0) is 20.5 Å². The van der Waals surface area contributed by atoms with Gasteiger partial charge in [0.15, 0.2) is 0 Å². The van der Waals surface area contributed by atoms with Crippen molar-refractivity contribution >= 4 is 17.6 Å². The monoisotopic (exact) mass is 757 g/mol.